The van der Waals surface area contributed by atoms with Gasteiger partial charge >= 0.3 is 63.8 Å². The van der Waals surface area contributed by atoms with Crippen LogP contribution in [0.2, 0.25) is 0 Å². The predicted molar refractivity (Wildman–Crippen MR) is 42.3 cm³/mol. The first-order valence-electron chi connectivity index (χ1n) is 0.717. The molecule has 0 aromatic carbocycles. The van der Waals surface area contributed by atoms with Crippen molar-refractivity contribution in [3.05, 3.63) is 0 Å². The van der Waals surface area contributed by atoms with Crippen LogP contribution < -0.4 is 0 Å². The molecule has 0 saturated heterocycles. The van der Waals surface area contributed by atoms with Gasteiger partial charge in [0.25, 0.3) is 0 Å². The van der Waals surface area contributed by atoms with E-state index < -0.39 is 7.31 Å². The van der Waals surface area contributed by atoms with E-state index in [-0.39, 0.29) is 11.0 Å². The number of hydrogen-bond donors (Lipinski definition) is 0. The Hall–Kier alpha value is 2.35. The van der Waals surface area contributed by atoms with Crippen LogP contribution in [0.3, 0.4) is 0 Å². The van der Waals surface area contributed by atoms with Gasteiger partial charge in [0.1, 0.15) is 0 Å². The van der Waals surface area contributed by atoms with Crippen LogP contribution in [0.5, 0.6) is 0 Å². The van der Waals surface area contributed by atoms with Crippen LogP contribution in [-0.4, -0.2) is 11.0 Å². The summed E-state index contributed by atoms with van der Waals surface area (Å²) in [5, 5.41) is 0. The van der Waals surface area contributed by atoms with Crippen LogP contribution in [0.1, 0.15) is 0 Å². The zero-order valence-corrected chi connectivity index (χ0v) is 10.4. The first-order chi connectivity index (χ1) is 2.45. The summed E-state index contributed by atoms with van der Waals surface area (Å²) in [5.41, 5.74) is 0. The van der Waals surface area contributed by atoms with Crippen LogP contribution in [0.15, 0.2) is 0 Å². The molecule has 0 aliphatic carbocycles. The van der Waals surface area contributed by atoms with Gasteiger partial charge in [0.2, 0.25) is 0 Å². The molecule has 0 fully saturated rings. The molecule has 4 N–H and O–H groups in total. The molecule has 0 radical (unpaired) electrons. The zero-order chi connectivity index (χ0) is 6.41. The van der Waals surface area contributed by atoms with Crippen molar-refractivity contribution in [3.63, 3.8) is 0 Å². The van der Waals surface area contributed by atoms with E-state index >= 15 is 0 Å². The normalized spacial score (nSPS) is 18.0. The number of halogens is 6. The number of hydrogen-bond acceptors (Lipinski definition) is 0. The van der Waals surface area contributed by atoms with Crippen molar-refractivity contribution < 1.29 is 18.3 Å². The summed E-state index contributed by atoms with van der Waals surface area (Å²) in [5.74, 6) is 0. The molecule has 0 amide bonds. The standard InChI is InChI=1S/6ClH.2H2O.Pt/h6*1H;2*1H2;/q;;;;;;;;+6/p-6. The fourth-order valence-electron chi connectivity index (χ4n) is 0. The van der Waals surface area contributed by atoms with Crippen LogP contribution in [-0.2, 0) is 7.31 Å². The van der Waals surface area contributed by atoms with E-state index in [0.29, 0.717) is 0 Å². The zero-order valence-electron chi connectivity index (χ0n) is 3.58. The Morgan fingerprint density at radius 1 is 0.556 bits per heavy atom. The van der Waals surface area contributed by atoms with E-state index in [4.69, 9.17) is 56.5 Å². The van der Waals surface area contributed by atoms with Crippen molar-refractivity contribution in [2.75, 3.05) is 0 Å². The molecule has 0 atom stereocenters. The molecule has 9 heavy (non-hydrogen) atoms. The molecule has 2 nitrogen and oxygen atoms in total. The van der Waals surface area contributed by atoms with Gasteiger partial charge in [-0.05, 0) is 0 Å². The summed E-state index contributed by atoms with van der Waals surface area (Å²) in [4.78, 5) is 0. The van der Waals surface area contributed by atoms with Gasteiger partial charge in [0.05, 0.1) is 0 Å². The van der Waals surface area contributed by atoms with E-state index in [1.165, 1.54) is 0 Å². The molecule has 0 aliphatic heterocycles. The van der Waals surface area contributed by atoms with Gasteiger partial charge in [-0.25, -0.2) is 0 Å². The molecule has 0 bridgehead atoms. The second-order valence-electron chi connectivity index (χ2n) is 0.678. The van der Waals surface area contributed by atoms with Gasteiger partial charge in [-0.3, -0.25) is 0 Å². The SMILES string of the molecule is O.O.[Cl][Pt]([Cl])([Cl])([Cl])([Cl])[Cl]. The van der Waals surface area contributed by atoms with Gasteiger partial charge in [0, 0.05) is 0 Å². The Kier molecular flexibility index (Phi) is 5.82. The Balaban J connectivity index is -0.000000180. The molecule has 0 aliphatic rings. The van der Waals surface area contributed by atoms with E-state index in [1.807, 2.05) is 0 Å². The monoisotopic (exact) mass is 441 g/mol. The van der Waals surface area contributed by atoms with Crippen molar-refractivity contribution in [1.82, 2.24) is 0 Å². The molecule has 0 heterocycles. The van der Waals surface area contributed by atoms with E-state index in [9.17, 15) is 0 Å². The quantitative estimate of drug-likeness (QED) is 0.552. The molecule has 9 heteroatoms. The molecule has 0 saturated carbocycles. The molecule has 0 rings (SSSR count). The van der Waals surface area contributed by atoms with Crippen LogP contribution in [0.4, 0.5) is 0 Å². The molecule has 0 unspecified atom stereocenters. The van der Waals surface area contributed by atoms with E-state index in [1.54, 1.807) is 0 Å². The van der Waals surface area contributed by atoms with Crippen molar-refractivity contribution in [1.29, 1.82) is 0 Å². The van der Waals surface area contributed by atoms with E-state index in [0.717, 1.165) is 0 Å². The average Bonchev–Trinajstić information content (AvgIpc) is 0.592. The first kappa shape index (κ1) is 17.4. The summed E-state index contributed by atoms with van der Waals surface area (Å²) in [6.07, 6.45) is 0. The fourth-order valence-corrected chi connectivity index (χ4v) is 0. The summed E-state index contributed by atoms with van der Waals surface area (Å²) >= 11 is 0. The fraction of sp³-hybridized carbons (Fsp3) is 0. The Morgan fingerprint density at radius 2 is 0.556 bits per heavy atom. The van der Waals surface area contributed by atoms with Gasteiger partial charge in [0.15, 0.2) is 0 Å². The summed E-state index contributed by atoms with van der Waals surface area (Å²) in [7, 11) is 25.0. The minimum absolute atomic E-state index is 0. The maximum atomic E-state index is 5.05. The predicted octanol–water partition coefficient (Wildman–Crippen LogP) is 2.49. The summed E-state index contributed by atoms with van der Waals surface area (Å²) in [6.45, 7) is 0. The Bertz CT molecular complexity index is 69.6. The maximum absolute atomic E-state index is 5.29. The molecular weight excluding hydrogens is 440 g/mol. The van der Waals surface area contributed by atoms with E-state index in [2.05, 4.69) is 0 Å². The summed E-state index contributed by atoms with van der Waals surface area (Å²) < 4.78 is 0. The third-order valence-corrected chi connectivity index (χ3v) is 0. The molecular formula is H4Cl6O2Pt. The minimum atomic E-state index is -5.29. The Morgan fingerprint density at radius 3 is 0.556 bits per heavy atom. The first-order valence-corrected chi connectivity index (χ1v) is 17.6. The summed E-state index contributed by atoms with van der Waals surface area (Å²) in [6, 6.07) is 0. The number of rotatable bonds is 0. The second kappa shape index (κ2) is 3.00. The third kappa shape index (κ3) is 131. The second-order valence-corrected chi connectivity index (χ2v) is 49.9. The van der Waals surface area contributed by atoms with Gasteiger partial charge in [-0.15, -0.1) is 0 Å². The van der Waals surface area contributed by atoms with Gasteiger partial charge in [-0.2, -0.15) is 0 Å². The molecule has 0 aromatic heterocycles. The van der Waals surface area contributed by atoms with Crippen LogP contribution >= 0.6 is 56.5 Å². The van der Waals surface area contributed by atoms with Crippen molar-refractivity contribution >= 4 is 56.5 Å². The van der Waals surface area contributed by atoms with Crippen molar-refractivity contribution in [2.24, 2.45) is 0 Å². The third-order valence-electron chi connectivity index (χ3n) is 0. The molecule has 0 aromatic rings. The Labute approximate surface area is 73.9 Å². The van der Waals surface area contributed by atoms with Crippen molar-refractivity contribution in [3.8, 4) is 0 Å². The average molecular weight is 444 g/mol. The van der Waals surface area contributed by atoms with Crippen LogP contribution in [0.25, 0.3) is 0 Å². The van der Waals surface area contributed by atoms with Gasteiger partial charge in [-0.1, -0.05) is 0 Å². The molecule has 0 spiro atoms. The van der Waals surface area contributed by atoms with Crippen LogP contribution in [0, 0.1) is 0 Å². The van der Waals surface area contributed by atoms with Gasteiger partial charge < -0.3 is 11.0 Å². The van der Waals surface area contributed by atoms with Crippen molar-refractivity contribution in [2.45, 2.75) is 0 Å². The molecule has 68 valence electrons. The topological polar surface area (TPSA) is 63.0 Å².